The van der Waals surface area contributed by atoms with Gasteiger partial charge in [0.05, 0.1) is 0 Å². The van der Waals surface area contributed by atoms with Crippen LogP contribution >= 0.6 is 27.5 Å². The van der Waals surface area contributed by atoms with Crippen molar-refractivity contribution in [3.05, 3.63) is 58.2 Å². The molecule has 2 rings (SSSR count). The van der Waals surface area contributed by atoms with Gasteiger partial charge in [0, 0.05) is 15.1 Å². The Kier molecular flexibility index (Phi) is 4.45. The normalized spacial score (nSPS) is 10.2. The number of halogens is 2. The predicted octanol–water partition coefficient (Wildman–Crippen LogP) is 4.71. The van der Waals surface area contributed by atoms with Crippen LogP contribution in [0.5, 0.6) is 0 Å². The summed E-state index contributed by atoms with van der Waals surface area (Å²) in [4.78, 5) is 11.6. The summed E-state index contributed by atoms with van der Waals surface area (Å²) in [7, 11) is 0. The molecule has 0 unspecified atom stereocenters. The van der Waals surface area contributed by atoms with Gasteiger partial charge in [-0.2, -0.15) is 0 Å². The molecule has 3 nitrogen and oxygen atoms in total. The Morgan fingerprint density at radius 2 is 2.21 bits per heavy atom. The summed E-state index contributed by atoms with van der Waals surface area (Å²) in [6.07, 6.45) is 1.50. The molecule has 0 N–H and O–H groups in total. The fourth-order valence-electron chi connectivity index (χ4n) is 1.49. The zero-order valence-corrected chi connectivity index (χ0v) is 12.2. The van der Waals surface area contributed by atoms with Gasteiger partial charge in [0.1, 0.15) is 12.4 Å². The molecule has 1 aromatic carbocycles. The largest absolute Gasteiger partial charge is 0.456 e. The Morgan fingerprint density at radius 3 is 2.89 bits per heavy atom. The average Bonchev–Trinajstić information content (AvgIpc) is 2.85. The van der Waals surface area contributed by atoms with Gasteiger partial charge in [0.15, 0.2) is 0 Å². The number of carbonyl (C=O) groups is 1. The lowest BCUT2D eigenvalue weighted by Gasteiger charge is -2.02. The van der Waals surface area contributed by atoms with E-state index in [1.54, 1.807) is 24.3 Å². The zero-order chi connectivity index (χ0) is 13.8. The summed E-state index contributed by atoms with van der Waals surface area (Å²) in [5.74, 6) is 0.198. The summed E-state index contributed by atoms with van der Waals surface area (Å²) < 4.78 is 11.2. The zero-order valence-electron chi connectivity index (χ0n) is 9.86. The van der Waals surface area contributed by atoms with Crippen LogP contribution in [0.4, 0.5) is 0 Å². The molecule has 0 spiro atoms. The van der Waals surface area contributed by atoms with Crippen molar-refractivity contribution in [1.29, 1.82) is 0 Å². The molecule has 1 heterocycles. The van der Waals surface area contributed by atoms with Gasteiger partial charge in [-0.3, -0.25) is 0 Å². The highest BCUT2D eigenvalue weighted by molar-refractivity contribution is 9.10. The Labute approximate surface area is 123 Å². The van der Waals surface area contributed by atoms with Crippen LogP contribution in [0.2, 0.25) is 5.02 Å². The summed E-state index contributed by atoms with van der Waals surface area (Å²) in [5.41, 5.74) is 0.812. The molecule has 0 saturated carbocycles. The van der Waals surface area contributed by atoms with E-state index in [1.165, 1.54) is 6.08 Å². The van der Waals surface area contributed by atoms with E-state index in [4.69, 9.17) is 20.8 Å². The van der Waals surface area contributed by atoms with Crippen molar-refractivity contribution < 1.29 is 13.9 Å². The Bertz CT molecular complexity index is 619. The lowest BCUT2D eigenvalue weighted by atomic mass is 10.2. The highest BCUT2D eigenvalue weighted by Crippen LogP contribution is 2.31. The number of hydrogen-bond acceptors (Lipinski definition) is 3. The van der Waals surface area contributed by atoms with E-state index in [2.05, 4.69) is 22.5 Å². The van der Waals surface area contributed by atoms with E-state index in [0.717, 1.165) is 10.0 Å². The number of benzene rings is 1. The highest BCUT2D eigenvalue weighted by atomic mass is 79.9. The van der Waals surface area contributed by atoms with Crippen molar-refractivity contribution in [2.75, 3.05) is 6.61 Å². The first-order chi connectivity index (χ1) is 9.11. The van der Waals surface area contributed by atoms with Crippen LogP contribution in [0, 0.1) is 0 Å². The molecule has 0 radical (unpaired) electrons. The number of furan rings is 1. The van der Waals surface area contributed by atoms with Crippen LogP contribution in [0.15, 0.2) is 51.9 Å². The standard InChI is InChI=1S/C14H10BrClO3/c1-2-7-18-14(17)13-6-5-12(19-13)10-4-3-9(16)8-11(10)15/h2-6,8H,1,7H2. The quantitative estimate of drug-likeness (QED) is 0.597. The third kappa shape index (κ3) is 3.28. The molecule has 5 heteroatoms. The third-order valence-corrected chi connectivity index (χ3v) is 3.23. The van der Waals surface area contributed by atoms with Crippen LogP contribution in [0.3, 0.4) is 0 Å². The van der Waals surface area contributed by atoms with Gasteiger partial charge in [-0.15, -0.1) is 0 Å². The molecule has 1 aromatic heterocycles. The second-order valence-electron chi connectivity index (χ2n) is 3.68. The molecule has 0 aliphatic rings. The molecule has 0 bridgehead atoms. The molecule has 0 amide bonds. The van der Waals surface area contributed by atoms with E-state index >= 15 is 0 Å². The number of carbonyl (C=O) groups excluding carboxylic acids is 1. The number of esters is 1. The van der Waals surface area contributed by atoms with Crippen molar-refractivity contribution in [3.63, 3.8) is 0 Å². The summed E-state index contributed by atoms with van der Waals surface area (Å²) in [6, 6.07) is 8.60. The van der Waals surface area contributed by atoms with E-state index in [9.17, 15) is 4.79 Å². The van der Waals surface area contributed by atoms with E-state index in [-0.39, 0.29) is 12.4 Å². The van der Waals surface area contributed by atoms with Gasteiger partial charge in [0.2, 0.25) is 5.76 Å². The first-order valence-electron chi connectivity index (χ1n) is 5.45. The smallest absolute Gasteiger partial charge is 0.374 e. The van der Waals surface area contributed by atoms with Crippen molar-refractivity contribution in [3.8, 4) is 11.3 Å². The number of ether oxygens (including phenoxy) is 1. The minimum Gasteiger partial charge on any atom is -0.456 e. The second kappa shape index (κ2) is 6.08. The van der Waals surface area contributed by atoms with Gasteiger partial charge < -0.3 is 9.15 Å². The minimum atomic E-state index is -0.517. The van der Waals surface area contributed by atoms with Crippen LogP contribution in [0.25, 0.3) is 11.3 Å². The van der Waals surface area contributed by atoms with Crippen LogP contribution < -0.4 is 0 Å². The van der Waals surface area contributed by atoms with Gasteiger partial charge in [-0.05, 0) is 46.3 Å². The molecular weight excluding hydrogens is 332 g/mol. The van der Waals surface area contributed by atoms with Gasteiger partial charge in [-0.1, -0.05) is 24.3 Å². The summed E-state index contributed by atoms with van der Waals surface area (Å²) in [6.45, 7) is 3.62. The summed E-state index contributed by atoms with van der Waals surface area (Å²) >= 11 is 9.27. The lowest BCUT2D eigenvalue weighted by molar-refractivity contribution is 0.0514. The van der Waals surface area contributed by atoms with Gasteiger partial charge in [-0.25, -0.2) is 4.79 Å². The van der Waals surface area contributed by atoms with Gasteiger partial charge >= 0.3 is 5.97 Å². The molecule has 19 heavy (non-hydrogen) atoms. The fraction of sp³-hybridized carbons (Fsp3) is 0.0714. The van der Waals surface area contributed by atoms with Gasteiger partial charge in [0.25, 0.3) is 0 Å². The van der Waals surface area contributed by atoms with Crippen molar-refractivity contribution in [2.45, 2.75) is 0 Å². The van der Waals surface area contributed by atoms with Crippen LogP contribution in [-0.2, 0) is 4.74 Å². The van der Waals surface area contributed by atoms with Crippen LogP contribution in [0.1, 0.15) is 10.6 Å². The molecule has 98 valence electrons. The maximum atomic E-state index is 11.6. The molecule has 0 saturated heterocycles. The number of rotatable bonds is 4. The van der Waals surface area contributed by atoms with Crippen LogP contribution in [-0.4, -0.2) is 12.6 Å². The predicted molar refractivity (Wildman–Crippen MR) is 77.3 cm³/mol. The van der Waals surface area contributed by atoms with E-state index in [0.29, 0.717) is 10.8 Å². The third-order valence-electron chi connectivity index (χ3n) is 2.34. The average molecular weight is 342 g/mol. The molecule has 0 fully saturated rings. The molecule has 0 aliphatic carbocycles. The number of hydrogen-bond donors (Lipinski definition) is 0. The summed E-state index contributed by atoms with van der Waals surface area (Å²) in [5, 5.41) is 0.618. The Morgan fingerprint density at radius 1 is 1.42 bits per heavy atom. The SMILES string of the molecule is C=CCOC(=O)c1ccc(-c2ccc(Cl)cc2Br)o1. The first kappa shape index (κ1) is 13.9. The van der Waals surface area contributed by atoms with E-state index in [1.807, 2.05) is 6.07 Å². The fourth-order valence-corrected chi connectivity index (χ4v) is 2.37. The molecule has 2 aromatic rings. The van der Waals surface area contributed by atoms with Crippen molar-refractivity contribution in [1.82, 2.24) is 0 Å². The van der Waals surface area contributed by atoms with E-state index < -0.39 is 5.97 Å². The highest BCUT2D eigenvalue weighted by Gasteiger charge is 2.14. The van der Waals surface area contributed by atoms with Crippen molar-refractivity contribution in [2.24, 2.45) is 0 Å². The second-order valence-corrected chi connectivity index (χ2v) is 4.97. The lowest BCUT2D eigenvalue weighted by Crippen LogP contribution is -2.03. The molecular formula is C14H10BrClO3. The molecule has 0 aliphatic heterocycles. The Balaban J connectivity index is 2.25. The molecule has 0 atom stereocenters. The van der Waals surface area contributed by atoms with Crippen molar-refractivity contribution >= 4 is 33.5 Å². The maximum absolute atomic E-state index is 11.6. The maximum Gasteiger partial charge on any atom is 0.374 e. The Hall–Kier alpha value is -1.52. The topological polar surface area (TPSA) is 39.4 Å². The monoisotopic (exact) mass is 340 g/mol. The minimum absolute atomic E-state index is 0.152. The first-order valence-corrected chi connectivity index (χ1v) is 6.62.